The first kappa shape index (κ1) is 13.3. The van der Waals surface area contributed by atoms with Gasteiger partial charge >= 0.3 is 0 Å². The molecule has 2 heterocycles. The molecule has 0 spiro atoms. The van der Waals surface area contributed by atoms with Crippen LogP contribution in [0.5, 0.6) is 0 Å². The maximum atomic E-state index is 5.98. The predicted octanol–water partition coefficient (Wildman–Crippen LogP) is 1.63. The van der Waals surface area contributed by atoms with Gasteiger partial charge in [0.1, 0.15) is 0 Å². The van der Waals surface area contributed by atoms with Crippen LogP contribution in [0.1, 0.15) is 31.5 Å². The molecule has 1 aromatic heterocycles. The van der Waals surface area contributed by atoms with Crippen molar-refractivity contribution >= 4 is 5.69 Å². The second-order valence-corrected chi connectivity index (χ2v) is 5.10. The van der Waals surface area contributed by atoms with Crippen LogP contribution in [0.2, 0.25) is 0 Å². The van der Waals surface area contributed by atoms with Crippen LogP contribution in [0.4, 0.5) is 5.69 Å². The molecule has 0 radical (unpaired) electrons. The van der Waals surface area contributed by atoms with Gasteiger partial charge in [-0.2, -0.15) is 0 Å². The Balaban J connectivity index is 2.04. The van der Waals surface area contributed by atoms with E-state index in [1.165, 1.54) is 18.7 Å². The average molecular weight is 248 g/mol. The minimum Gasteiger partial charge on any atom is -0.369 e. The molecule has 18 heavy (non-hydrogen) atoms. The van der Waals surface area contributed by atoms with Crippen LogP contribution < -0.4 is 10.6 Å². The van der Waals surface area contributed by atoms with Crippen molar-refractivity contribution in [1.29, 1.82) is 0 Å². The number of anilines is 1. The van der Waals surface area contributed by atoms with Gasteiger partial charge in [0, 0.05) is 25.7 Å². The lowest BCUT2D eigenvalue weighted by Crippen LogP contribution is -2.28. The van der Waals surface area contributed by atoms with Crippen LogP contribution >= 0.6 is 0 Å². The lowest BCUT2D eigenvalue weighted by Gasteiger charge is -2.22. The summed E-state index contributed by atoms with van der Waals surface area (Å²) >= 11 is 0. The van der Waals surface area contributed by atoms with Crippen LogP contribution in [-0.4, -0.2) is 43.1 Å². The van der Waals surface area contributed by atoms with Gasteiger partial charge in [-0.1, -0.05) is 6.92 Å². The molecule has 1 saturated heterocycles. The standard InChI is InChI=1S/C14H24N4/c1-3-13(15)14-6-5-12(11-16-14)18-8-4-7-17(2)9-10-18/h5-6,11,13H,3-4,7-10,15H2,1-2H3/t13-/m1/s1. The third-order valence-corrected chi connectivity index (χ3v) is 3.68. The number of likely N-dealkylation sites (N-methyl/N-ethyl adjacent to an activating group) is 1. The molecule has 1 aromatic rings. The van der Waals surface area contributed by atoms with E-state index in [2.05, 4.69) is 40.9 Å². The number of pyridine rings is 1. The molecule has 1 aliphatic heterocycles. The zero-order valence-electron chi connectivity index (χ0n) is 11.5. The van der Waals surface area contributed by atoms with E-state index in [0.717, 1.165) is 31.7 Å². The van der Waals surface area contributed by atoms with Gasteiger partial charge in [0.05, 0.1) is 17.6 Å². The SMILES string of the molecule is CC[C@@H](N)c1ccc(N2CCCN(C)CC2)cn1. The summed E-state index contributed by atoms with van der Waals surface area (Å²) < 4.78 is 0. The van der Waals surface area contributed by atoms with Gasteiger partial charge < -0.3 is 15.5 Å². The summed E-state index contributed by atoms with van der Waals surface area (Å²) in [7, 11) is 2.19. The van der Waals surface area contributed by atoms with Gasteiger partial charge in [-0.3, -0.25) is 4.98 Å². The van der Waals surface area contributed by atoms with E-state index in [-0.39, 0.29) is 6.04 Å². The molecular weight excluding hydrogens is 224 g/mol. The van der Waals surface area contributed by atoms with Crippen molar-refractivity contribution in [3.8, 4) is 0 Å². The number of hydrogen-bond acceptors (Lipinski definition) is 4. The summed E-state index contributed by atoms with van der Waals surface area (Å²) in [5.41, 5.74) is 8.20. The fourth-order valence-electron chi connectivity index (χ4n) is 2.32. The maximum absolute atomic E-state index is 5.98. The molecule has 4 nitrogen and oxygen atoms in total. The monoisotopic (exact) mass is 248 g/mol. The topological polar surface area (TPSA) is 45.4 Å². The Morgan fingerprint density at radius 3 is 2.78 bits per heavy atom. The average Bonchev–Trinajstić information content (AvgIpc) is 2.63. The Hall–Kier alpha value is -1.13. The zero-order valence-corrected chi connectivity index (χ0v) is 11.5. The maximum Gasteiger partial charge on any atom is 0.0572 e. The molecule has 0 saturated carbocycles. The molecule has 1 fully saturated rings. The number of hydrogen-bond donors (Lipinski definition) is 1. The van der Waals surface area contributed by atoms with E-state index in [9.17, 15) is 0 Å². The van der Waals surface area contributed by atoms with Gasteiger partial charge in [0.2, 0.25) is 0 Å². The Morgan fingerprint density at radius 2 is 2.11 bits per heavy atom. The van der Waals surface area contributed by atoms with Gasteiger partial charge in [0.25, 0.3) is 0 Å². The van der Waals surface area contributed by atoms with Crippen LogP contribution in [0, 0.1) is 0 Å². The third-order valence-electron chi connectivity index (χ3n) is 3.68. The number of nitrogens with two attached hydrogens (primary N) is 1. The highest BCUT2D eigenvalue weighted by Gasteiger charge is 2.13. The predicted molar refractivity (Wildman–Crippen MR) is 75.8 cm³/mol. The van der Waals surface area contributed by atoms with E-state index in [1.807, 2.05) is 6.20 Å². The lowest BCUT2D eigenvalue weighted by molar-refractivity contribution is 0.360. The smallest absolute Gasteiger partial charge is 0.0572 e. The van der Waals surface area contributed by atoms with Crippen molar-refractivity contribution < 1.29 is 0 Å². The highest BCUT2D eigenvalue weighted by molar-refractivity contribution is 5.45. The molecule has 0 amide bonds. The van der Waals surface area contributed by atoms with E-state index >= 15 is 0 Å². The normalized spacial score (nSPS) is 19.6. The first-order valence-electron chi connectivity index (χ1n) is 6.85. The molecule has 2 rings (SSSR count). The van der Waals surface area contributed by atoms with Gasteiger partial charge in [-0.05, 0) is 38.6 Å². The molecular formula is C14H24N4. The van der Waals surface area contributed by atoms with Crippen molar-refractivity contribution in [3.05, 3.63) is 24.0 Å². The van der Waals surface area contributed by atoms with Crippen LogP contribution in [0.15, 0.2) is 18.3 Å². The van der Waals surface area contributed by atoms with Crippen molar-refractivity contribution in [2.45, 2.75) is 25.8 Å². The summed E-state index contributed by atoms with van der Waals surface area (Å²) in [4.78, 5) is 9.29. The molecule has 0 aliphatic carbocycles. The summed E-state index contributed by atoms with van der Waals surface area (Å²) in [6.07, 6.45) is 4.11. The Labute approximate surface area is 110 Å². The third kappa shape index (κ3) is 3.21. The van der Waals surface area contributed by atoms with Crippen molar-refractivity contribution in [2.75, 3.05) is 38.1 Å². The molecule has 1 aliphatic rings. The number of rotatable bonds is 3. The molecule has 2 N–H and O–H groups in total. The molecule has 1 atom stereocenters. The molecule has 4 heteroatoms. The van der Waals surface area contributed by atoms with Crippen LogP contribution in [0.3, 0.4) is 0 Å². The second-order valence-electron chi connectivity index (χ2n) is 5.10. The lowest BCUT2D eigenvalue weighted by atomic mass is 10.1. The fourth-order valence-corrected chi connectivity index (χ4v) is 2.32. The summed E-state index contributed by atoms with van der Waals surface area (Å²) in [5, 5.41) is 0. The van der Waals surface area contributed by atoms with Crippen molar-refractivity contribution in [1.82, 2.24) is 9.88 Å². The molecule has 100 valence electrons. The van der Waals surface area contributed by atoms with Crippen LogP contribution in [-0.2, 0) is 0 Å². The quantitative estimate of drug-likeness (QED) is 0.883. The first-order chi connectivity index (χ1) is 8.70. The largest absolute Gasteiger partial charge is 0.369 e. The molecule has 0 unspecified atom stereocenters. The summed E-state index contributed by atoms with van der Waals surface area (Å²) in [6, 6.07) is 4.29. The fraction of sp³-hybridized carbons (Fsp3) is 0.643. The minimum atomic E-state index is 0.0642. The van der Waals surface area contributed by atoms with E-state index < -0.39 is 0 Å². The Kier molecular flexibility index (Phi) is 4.55. The number of aromatic nitrogens is 1. The summed E-state index contributed by atoms with van der Waals surface area (Å²) in [6.45, 7) is 6.59. The van der Waals surface area contributed by atoms with E-state index in [1.54, 1.807) is 0 Å². The Bertz CT molecular complexity index is 363. The number of nitrogens with zero attached hydrogens (tertiary/aromatic N) is 3. The highest BCUT2D eigenvalue weighted by atomic mass is 15.2. The van der Waals surface area contributed by atoms with Gasteiger partial charge in [-0.15, -0.1) is 0 Å². The molecule has 0 aromatic carbocycles. The van der Waals surface area contributed by atoms with Crippen LogP contribution in [0.25, 0.3) is 0 Å². The van der Waals surface area contributed by atoms with Gasteiger partial charge in [-0.25, -0.2) is 0 Å². The van der Waals surface area contributed by atoms with E-state index in [0.29, 0.717) is 0 Å². The molecule has 0 bridgehead atoms. The second kappa shape index (κ2) is 6.16. The minimum absolute atomic E-state index is 0.0642. The Morgan fingerprint density at radius 1 is 1.28 bits per heavy atom. The zero-order chi connectivity index (χ0) is 13.0. The van der Waals surface area contributed by atoms with Gasteiger partial charge in [0.15, 0.2) is 0 Å². The summed E-state index contributed by atoms with van der Waals surface area (Å²) in [5.74, 6) is 0. The van der Waals surface area contributed by atoms with Crippen molar-refractivity contribution in [3.63, 3.8) is 0 Å². The van der Waals surface area contributed by atoms with Crippen molar-refractivity contribution in [2.24, 2.45) is 5.73 Å². The highest BCUT2D eigenvalue weighted by Crippen LogP contribution is 2.18. The van der Waals surface area contributed by atoms with E-state index in [4.69, 9.17) is 5.73 Å². The first-order valence-corrected chi connectivity index (χ1v) is 6.85.